The van der Waals surface area contributed by atoms with Gasteiger partial charge in [0.15, 0.2) is 0 Å². The number of rotatable bonds is 1. The predicted octanol–water partition coefficient (Wildman–Crippen LogP) is -0.314. The van der Waals surface area contributed by atoms with Gasteiger partial charge in [0.25, 0.3) is 5.91 Å². The second kappa shape index (κ2) is 5.07. The zero-order chi connectivity index (χ0) is 13.1. The van der Waals surface area contributed by atoms with Crippen LogP contribution in [-0.4, -0.2) is 58.0 Å². The molecule has 0 atom stereocenters. The number of hydrogen-bond donors (Lipinski definition) is 2. The van der Waals surface area contributed by atoms with Crippen LogP contribution in [0.3, 0.4) is 0 Å². The summed E-state index contributed by atoms with van der Waals surface area (Å²) >= 11 is 0. The average molecular weight is 251 g/mol. The fraction of sp³-hybridized carbons (Fsp3) is 0.545. The largest absolute Gasteiger partial charge is 0.382 e. The molecule has 3 N–H and O–H groups in total. The van der Waals surface area contributed by atoms with E-state index in [2.05, 4.69) is 10.2 Å². The van der Waals surface area contributed by atoms with E-state index in [-0.39, 0.29) is 11.8 Å². The van der Waals surface area contributed by atoms with Gasteiger partial charge >= 0.3 is 0 Å². The Morgan fingerprint density at radius 3 is 2.56 bits per heavy atom. The third-order valence-corrected chi connectivity index (χ3v) is 3.06. The van der Waals surface area contributed by atoms with Crippen LogP contribution in [-0.2, 0) is 4.79 Å². The molecule has 1 aliphatic rings. The molecule has 2 amide bonds. The Bertz CT molecular complexity index is 456. The molecular formula is C11H17N5O2. The van der Waals surface area contributed by atoms with E-state index in [0.29, 0.717) is 37.7 Å². The smallest absolute Gasteiger partial charge is 0.272 e. The molecule has 0 aromatic carbocycles. The number of nitrogens with two attached hydrogens (primary N) is 1. The number of carbonyl (C=O) groups is 2. The number of aromatic nitrogens is 2. The molecule has 7 nitrogen and oxygen atoms in total. The fourth-order valence-electron chi connectivity index (χ4n) is 2.05. The fourth-order valence-corrected chi connectivity index (χ4v) is 2.05. The molecule has 1 fully saturated rings. The van der Waals surface area contributed by atoms with Crippen molar-refractivity contribution in [1.82, 2.24) is 20.0 Å². The number of anilines is 1. The van der Waals surface area contributed by atoms with E-state index in [9.17, 15) is 9.59 Å². The van der Waals surface area contributed by atoms with Crippen LogP contribution in [0.1, 0.15) is 23.8 Å². The molecule has 0 aliphatic carbocycles. The Morgan fingerprint density at radius 2 is 1.94 bits per heavy atom. The summed E-state index contributed by atoms with van der Waals surface area (Å²) in [6, 6.07) is 1.52. The number of aromatic amines is 1. The van der Waals surface area contributed by atoms with Crippen LogP contribution >= 0.6 is 0 Å². The van der Waals surface area contributed by atoms with Gasteiger partial charge in [0.05, 0.1) is 0 Å². The molecule has 0 radical (unpaired) electrons. The van der Waals surface area contributed by atoms with Crippen LogP contribution in [0.15, 0.2) is 6.07 Å². The van der Waals surface area contributed by atoms with Crippen LogP contribution < -0.4 is 5.73 Å². The molecule has 0 bridgehead atoms. The van der Waals surface area contributed by atoms with E-state index in [0.717, 1.165) is 6.42 Å². The van der Waals surface area contributed by atoms with Crippen molar-refractivity contribution in [2.75, 3.05) is 31.9 Å². The predicted molar refractivity (Wildman–Crippen MR) is 65.8 cm³/mol. The van der Waals surface area contributed by atoms with Gasteiger partial charge in [0, 0.05) is 39.2 Å². The maximum absolute atomic E-state index is 12.1. The number of hydrogen-bond acceptors (Lipinski definition) is 4. The van der Waals surface area contributed by atoms with Gasteiger partial charge in [-0.2, -0.15) is 5.10 Å². The monoisotopic (exact) mass is 251 g/mol. The minimum absolute atomic E-state index is 0.0510. The first-order valence-corrected chi connectivity index (χ1v) is 5.93. The Kier molecular flexibility index (Phi) is 3.50. The summed E-state index contributed by atoms with van der Waals surface area (Å²) in [5.74, 6) is 0.234. The molecule has 0 spiro atoms. The van der Waals surface area contributed by atoms with Crippen LogP contribution in [0.25, 0.3) is 0 Å². The second-order valence-electron chi connectivity index (χ2n) is 4.36. The third kappa shape index (κ3) is 2.61. The number of H-pyrrole nitrogens is 1. The van der Waals surface area contributed by atoms with Crippen molar-refractivity contribution in [3.05, 3.63) is 11.8 Å². The second-order valence-corrected chi connectivity index (χ2v) is 4.36. The van der Waals surface area contributed by atoms with Gasteiger partial charge in [-0.3, -0.25) is 14.7 Å². The van der Waals surface area contributed by atoms with Crippen molar-refractivity contribution in [2.24, 2.45) is 0 Å². The van der Waals surface area contributed by atoms with Crippen LogP contribution in [0.2, 0.25) is 0 Å². The van der Waals surface area contributed by atoms with Crippen molar-refractivity contribution >= 4 is 17.6 Å². The molecule has 18 heavy (non-hydrogen) atoms. The molecule has 0 saturated carbocycles. The Balaban J connectivity index is 2.02. The average Bonchev–Trinajstić information content (AvgIpc) is 2.63. The first-order chi connectivity index (χ1) is 8.58. The highest BCUT2D eigenvalue weighted by molar-refractivity contribution is 5.93. The number of amides is 2. The quantitative estimate of drug-likeness (QED) is 0.715. The maximum atomic E-state index is 12.1. The molecule has 2 heterocycles. The number of nitrogens with zero attached hydrogens (tertiary/aromatic N) is 3. The third-order valence-electron chi connectivity index (χ3n) is 3.06. The molecule has 98 valence electrons. The zero-order valence-corrected chi connectivity index (χ0v) is 10.3. The van der Waals surface area contributed by atoms with E-state index in [1.165, 1.54) is 6.07 Å². The summed E-state index contributed by atoms with van der Waals surface area (Å²) in [7, 11) is 0. The van der Waals surface area contributed by atoms with Gasteiger partial charge in [0.2, 0.25) is 5.91 Å². The van der Waals surface area contributed by atoms with Gasteiger partial charge in [0.1, 0.15) is 11.5 Å². The number of nitrogens with one attached hydrogen (secondary N) is 1. The summed E-state index contributed by atoms with van der Waals surface area (Å²) in [6.07, 6.45) is 0.787. The van der Waals surface area contributed by atoms with Crippen LogP contribution in [0, 0.1) is 0 Å². The van der Waals surface area contributed by atoms with E-state index < -0.39 is 0 Å². The van der Waals surface area contributed by atoms with Gasteiger partial charge in [-0.25, -0.2) is 0 Å². The Hall–Kier alpha value is -2.05. The Morgan fingerprint density at radius 1 is 1.28 bits per heavy atom. The van der Waals surface area contributed by atoms with Gasteiger partial charge < -0.3 is 15.5 Å². The van der Waals surface area contributed by atoms with Crippen molar-refractivity contribution in [1.29, 1.82) is 0 Å². The van der Waals surface area contributed by atoms with E-state index in [1.54, 1.807) is 16.7 Å². The lowest BCUT2D eigenvalue weighted by Crippen LogP contribution is -2.36. The van der Waals surface area contributed by atoms with Crippen molar-refractivity contribution in [2.45, 2.75) is 13.3 Å². The van der Waals surface area contributed by atoms with Crippen LogP contribution in [0.5, 0.6) is 0 Å². The summed E-state index contributed by atoms with van der Waals surface area (Å²) in [5.41, 5.74) is 5.86. The first-order valence-electron chi connectivity index (χ1n) is 5.93. The SMILES string of the molecule is CC(=O)N1CCCN(C(=O)c2cc(N)n[nH]2)CC1. The van der Waals surface area contributed by atoms with E-state index in [4.69, 9.17) is 5.73 Å². The molecule has 1 saturated heterocycles. The zero-order valence-electron chi connectivity index (χ0n) is 10.3. The van der Waals surface area contributed by atoms with E-state index >= 15 is 0 Å². The maximum Gasteiger partial charge on any atom is 0.272 e. The van der Waals surface area contributed by atoms with Gasteiger partial charge in [-0.05, 0) is 6.42 Å². The molecule has 1 aromatic heterocycles. The van der Waals surface area contributed by atoms with Gasteiger partial charge in [-0.15, -0.1) is 0 Å². The lowest BCUT2D eigenvalue weighted by Gasteiger charge is -2.20. The van der Waals surface area contributed by atoms with Crippen molar-refractivity contribution < 1.29 is 9.59 Å². The minimum atomic E-state index is -0.121. The molecule has 1 aromatic rings. The molecule has 7 heteroatoms. The standard InChI is InChI=1S/C11H17N5O2/c1-8(17)15-3-2-4-16(6-5-15)11(18)9-7-10(12)14-13-9/h7H,2-6H2,1H3,(H3,12,13,14). The van der Waals surface area contributed by atoms with Crippen LogP contribution in [0.4, 0.5) is 5.82 Å². The Labute approximate surface area is 105 Å². The first kappa shape index (κ1) is 12.4. The van der Waals surface area contributed by atoms with Crippen molar-refractivity contribution in [3.63, 3.8) is 0 Å². The van der Waals surface area contributed by atoms with E-state index in [1.807, 2.05) is 0 Å². The highest BCUT2D eigenvalue weighted by Crippen LogP contribution is 2.09. The molecule has 2 rings (SSSR count). The molecule has 0 unspecified atom stereocenters. The molecule has 1 aliphatic heterocycles. The summed E-state index contributed by atoms with van der Waals surface area (Å²) in [5, 5.41) is 6.35. The normalized spacial score (nSPS) is 16.5. The number of nitrogen functional groups attached to an aromatic ring is 1. The highest BCUT2D eigenvalue weighted by atomic mass is 16.2. The summed E-state index contributed by atoms with van der Waals surface area (Å²) in [4.78, 5) is 26.9. The number of carbonyl (C=O) groups excluding carboxylic acids is 2. The van der Waals surface area contributed by atoms with Gasteiger partial charge in [-0.1, -0.05) is 0 Å². The topological polar surface area (TPSA) is 95.3 Å². The highest BCUT2D eigenvalue weighted by Gasteiger charge is 2.22. The molecular weight excluding hydrogens is 234 g/mol. The summed E-state index contributed by atoms with van der Waals surface area (Å²) in [6.45, 7) is 4.00. The lowest BCUT2D eigenvalue weighted by molar-refractivity contribution is -0.128. The minimum Gasteiger partial charge on any atom is -0.382 e. The lowest BCUT2D eigenvalue weighted by atomic mass is 10.3. The van der Waals surface area contributed by atoms with Crippen molar-refractivity contribution in [3.8, 4) is 0 Å². The summed E-state index contributed by atoms with van der Waals surface area (Å²) < 4.78 is 0.